The van der Waals surface area contributed by atoms with Crippen molar-refractivity contribution in [3.05, 3.63) is 59.4 Å². The van der Waals surface area contributed by atoms with Crippen molar-refractivity contribution in [3.8, 4) is 0 Å². The highest BCUT2D eigenvalue weighted by Crippen LogP contribution is 2.21. The Morgan fingerprint density at radius 3 is 2.59 bits per heavy atom. The normalized spacial score (nSPS) is 17.6. The highest BCUT2D eigenvalue weighted by Gasteiger charge is 2.26. The van der Waals surface area contributed by atoms with E-state index >= 15 is 0 Å². The fourth-order valence-electron chi connectivity index (χ4n) is 3.03. The third kappa shape index (κ3) is 4.28. The highest BCUT2D eigenvalue weighted by molar-refractivity contribution is 7.92. The van der Waals surface area contributed by atoms with Gasteiger partial charge in [-0.15, -0.1) is 0 Å². The standard InChI is InChI=1S/C19H22FN3O3S/c1-13-3-8-17(27(25,26)22-16-6-4-15(20)5-7-16)11-18(13)19(24)23-10-9-21-12-14(23)2/h3-8,11,14,21-22H,9-10,12H2,1-2H3/t14-/m1/s1. The predicted molar refractivity (Wildman–Crippen MR) is 102 cm³/mol. The number of benzene rings is 2. The van der Waals surface area contributed by atoms with Gasteiger partial charge in [0.1, 0.15) is 5.82 Å². The summed E-state index contributed by atoms with van der Waals surface area (Å²) >= 11 is 0. The van der Waals surface area contributed by atoms with Crippen LogP contribution < -0.4 is 10.0 Å². The van der Waals surface area contributed by atoms with Crippen LogP contribution in [0, 0.1) is 12.7 Å². The van der Waals surface area contributed by atoms with Crippen molar-refractivity contribution in [3.63, 3.8) is 0 Å². The Bertz CT molecular complexity index is 945. The van der Waals surface area contributed by atoms with Gasteiger partial charge in [0.25, 0.3) is 15.9 Å². The molecular weight excluding hydrogens is 369 g/mol. The third-order valence-corrected chi connectivity index (χ3v) is 5.99. The predicted octanol–water partition coefficient (Wildman–Crippen LogP) is 2.37. The molecule has 0 aromatic heterocycles. The van der Waals surface area contributed by atoms with Gasteiger partial charge in [0.15, 0.2) is 0 Å². The summed E-state index contributed by atoms with van der Waals surface area (Å²) < 4.78 is 40.8. The number of sulfonamides is 1. The SMILES string of the molecule is Cc1ccc(S(=O)(=O)Nc2ccc(F)cc2)cc1C(=O)N1CCNC[C@H]1C. The summed E-state index contributed by atoms with van der Waals surface area (Å²) in [5, 5.41) is 3.23. The van der Waals surface area contributed by atoms with Crippen LogP contribution in [-0.2, 0) is 10.0 Å². The number of nitrogens with zero attached hydrogens (tertiary/aromatic N) is 1. The van der Waals surface area contributed by atoms with Crippen molar-refractivity contribution >= 4 is 21.6 Å². The van der Waals surface area contributed by atoms with Crippen LogP contribution in [-0.4, -0.2) is 44.9 Å². The van der Waals surface area contributed by atoms with Gasteiger partial charge in [-0.25, -0.2) is 12.8 Å². The number of aryl methyl sites for hydroxylation is 1. The van der Waals surface area contributed by atoms with Gasteiger partial charge in [-0.2, -0.15) is 0 Å². The van der Waals surface area contributed by atoms with Crippen molar-refractivity contribution in [1.29, 1.82) is 0 Å². The molecule has 1 aliphatic rings. The molecular formula is C19H22FN3O3S. The zero-order valence-electron chi connectivity index (χ0n) is 15.2. The molecule has 1 aliphatic heterocycles. The van der Waals surface area contributed by atoms with Crippen LogP contribution in [0.4, 0.5) is 10.1 Å². The molecule has 1 fully saturated rings. The molecule has 1 saturated heterocycles. The lowest BCUT2D eigenvalue weighted by atomic mass is 10.1. The van der Waals surface area contributed by atoms with Gasteiger partial charge in [-0.1, -0.05) is 6.07 Å². The maximum Gasteiger partial charge on any atom is 0.261 e. The fraction of sp³-hybridized carbons (Fsp3) is 0.316. The van der Waals surface area contributed by atoms with Crippen LogP contribution in [0.2, 0.25) is 0 Å². The molecule has 8 heteroatoms. The Balaban J connectivity index is 1.89. The molecule has 1 atom stereocenters. The smallest absolute Gasteiger partial charge is 0.261 e. The average molecular weight is 391 g/mol. The van der Waals surface area contributed by atoms with Crippen molar-refractivity contribution in [2.24, 2.45) is 0 Å². The number of hydrogen-bond donors (Lipinski definition) is 2. The van der Waals surface area contributed by atoms with Crippen LogP contribution >= 0.6 is 0 Å². The van der Waals surface area contributed by atoms with E-state index in [1.54, 1.807) is 17.9 Å². The number of piperazine rings is 1. The number of hydrogen-bond acceptors (Lipinski definition) is 4. The summed E-state index contributed by atoms with van der Waals surface area (Å²) in [4.78, 5) is 14.7. The number of amides is 1. The van der Waals surface area contributed by atoms with E-state index in [2.05, 4.69) is 10.0 Å². The first kappa shape index (κ1) is 19.3. The fourth-order valence-corrected chi connectivity index (χ4v) is 4.11. The van der Waals surface area contributed by atoms with Gasteiger partial charge in [-0.3, -0.25) is 9.52 Å². The lowest BCUT2D eigenvalue weighted by Gasteiger charge is -2.34. The van der Waals surface area contributed by atoms with E-state index in [0.29, 0.717) is 30.8 Å². The minimum absolute atomic E-state index is 0.0106. The van der Waals surface area contributed by atoms with E-state index in [1.807, 2.05) is 6.92 Å². The number of carbonyl (C=O) groups excluding carboxylic acids is 1. The minimum atomic E-state index is -3.90. The molecule has 2 N–H and O–H groups in total. The van der Waals surface area contributed by atoms with Crippen LogP contribution in [0.15, 0.2) is 47.4 Å². The molecule has 144 valence electrons. The van der Waals surface area contributed by atoms with Gasteiger partial charge < -0.3 is 10.2 Å². The quantitative estimate of drug-likeness (QED) is 0.839. The van der Waals surface area contributed by atoms with Crippen LogP contribution in [0.3, 0.4) is 0 Å². The number of carbonyl (C=O) groups is 1. The molecule has 27 heavy (non-hydrogen) atoms. The van der Waals surface area contributed by atoms with E-state index in [1.165, 1.54) is 36.4 Å². The largest absolute Gasteiger partial charge is 0.333 e. The van der Waals surface area contributed by atoms with E-state index in [4.69, 9.17) is 0 Å². The summed E-state index contributed by atoms with van der Waals surface area (Å²) in [6.45, 7) is 5.72. The molecule has 6 nitrogen and oxygen atoms in total. The summed E-state index contributed by atoms with van der Waals surface area (Å²) in [6, 6.07) is 9.55. The monoisotopic (exact) mass is 391 g/mol. The summed E-state index contributed by atoms with van der Waals surface area (Å²) in [7, 11) is -3.90. The third-order valence-electron chi connectivity index (χ3n) is 4.61. The van der Waals surface area contributed by atoms with Gasteiger partial charge >= 0.3 is 0 Å². The van der Waals surface area contributed by atoms with Crippen molar-refractivity contribution in [2.45, 2.75) is 24.8 Å². The summed E-state index contributed by atoms with van der Waals surface area (Å²) in [5.74, 6) is -0.633. The first-order valence-electron chi connectivity index (χ1n) is 8.68. The second-order valence-corrected chi connectivity index (χ2v) is 8.32. The molecule has 0 unspecified atom stereocenters. The van der Waals surface area contributed by atoms with E-state index in [9.17, 15) is 17.6 Å². The summed E-state index contributed by atoms with van der Waals surface area (Å²) in [6.07, 6.45) is 0. The number of rotatable bonds is 4. The highest BCUT2D eigenvalue weighted by atomic mass is 32.2. The molecule has 0 radical (unpaired) electrons. The van der Waals surface area contributed by atoms with Gasteiger partial charge in [-0.05, 0) is 55.8 Å². The van der Waals surface area contributed by atoms with Gasteiger partial charge in [0.2, 0.25) is 0 Å². The Hall–Kier alpha value is -2.45. The first-order chi connectivity index (χ1) is 12.8. The van der Waals surface area contributed by atoms with Gasteiger partial charge in [0, 0.05) is 36.9 Å². The van der Waals surface area contributed by atoms with Crippen molar-refractivity contribution < 1.29 is 17.6 Å². The van der Waals surface area contributed by atoms with Crippen LogP contribution in [0.1, 0.15) is 22.8 Å². The lowest BCUT2D eigenvalue weighted by Crippen LogP contribution is -2.52. The zero-order chi connectivity index (χ0) is 19.6. The van der Waals surface area contributed by atoms with Crippen LogP contribution in [0.25, 0.3) is 0 Å². The number of anilines is 1. The molecule has 0 spiro atoms. The average Bonchev–Trinajstić information content (AvgIpc) is 2.63. The molecule has 0 bridgehead atoms. The molecule has 2 aromatic rings. The van der Waals surface area contributed by atoms with Gasteiger partial charge in [0.05, 0.1) is 4.90 Å². The van der Waals surface area contributed by atoms with E-state index in [0.717, 1.165) is 0 Å². The number of halogens is 1. The van der Waals surface area contributed by atoms with Crippen LogP contribution in [0.5, 0.6) is 0 Å². The zero-order valence-corrected chi connectivity index (χ0v) is 16.0. The Kier molecular flexibility index (Phi) is 5.48. The second-order valence-electron chi connectivity index (χ2n) is 6.64. The Morgan fingerprint density at radius 2 is 1.93 bits per heavy atom. The van der Waals surface area contributed by atoms with E-state index in [-0.39, 0.29) is 22.5 Å². The minimum Gasteiger partial charge on any atom is -0.333 e. The maximum atomic E-state index is 13.0. The molecule has 0 aliphatic carbocycles. The maximum absolute atomic E-state index is 13.0. The molecule has 1 amide bonds. The Labute approximate surface area is 158 Å². The van der Waals surface area contributed by atoms with Crippen molar-refractivity contribution in [2.75, 3.05) is 24.4 Å². The topological polar surface area (TPSA) is 78.5 Å². The molecule has 1 heterocycles. The molecule has 2 aromatic carbocycles. The Morgan fingerprint density at radius 1 is 1.22 bits per heavy atom. The van der Waals surface area contributed by atoms with Crippen molar-refractivity contribution in [1.82, 2.24) is 10.2 Å². The summed E-state index contributed by atoms with van der Waals surface area (Å²) in [5.41, 5.74) is 1.33. The first-order valence-corrected chi connectivity index (χ1v) is 10.2. The second kappa shape index (κ2) is 7.66. The number of nitrogens with one attached hydrogen (secondary N) is 2. The molecule has 0 saturated carbocycles. The molecule has 3 rings (SSSR count). The lowest BCUT2D eigenvalue weighted by molar-refractivity contribution is 0.0654. The van der Waals surface area contributed by atoms with E-state index < -0.39 is 15.8 Å².